The lowest BCUT2D eigenvalue weighted by atomic mass is 10.0. The second-order valence-electron chi connectivity index (χ2n) is 10.3. The maximum absolute atomic E-state index is 11.9. The highest BCUT2D eigenvalue weighted by molar-refractivity contribution is 5.67. The molecule has 0 fully saturated rings. The Morgan fingerprint density at radius 2 is 1.08 bits per heavy atom. The Balaban J connectivity index is 1.88. The largest absolute Gasteiger partial charge is 0.447 e. The summed E-state index contributed by atoms with van der Waals surface area (Å²) in [5.74, 6) is 0. The quantitative estimate of drug-likeness (QED) is 0.104. The van der Waals surface area contributed by atoms with Gasteiger partial charge in [0.05, 0.1) is 6.54 Å². The zero-order chi connectivity index (χ0) is 28.2. The van der Waals surface area contributed by atoms with Crippen molar-refractivity contribution >= 4 is 12.2 Å². The zero-order valence-electron chi connectivity index (χ0n) is 24.8. The number of hydrogen-bond donors (Lipinski definition) is 2. The summed E-state index contributed by atoms with van der Waals surface area (Å²) >= 11 is 0. The minimum absolute atomic E-state index is 0.00716. The third-order valence-electron chi connectivity index (χ3n) is 6.85. The minimum atomic E-state index is -0.526. The summed E-state index contributed by atoms with van der Waals surface area (Å²) in [6, 6.07) is 5.80. The summed E-state index contributed by atoms with van der Waals surface area (Å²) in [5.41, 5.74) is 0. The SMILES string of the molecule is CCCCCCCCCCCCCCCCCCNC(=O)OC[C@@H](COC(=O)NCC[n+]1ccccc1)OC. The Bertz CT molecular complexity index is 705. The number of nitrogens with one attached hydrogen (secondary N) is 2. The lowest BCUT2D eigenvalue weighted by molar-refractivity contribution is -0.694. The number of carbonyl (C=O) groups is 2. The highest BCUT2D eigenvalue weighted by atomic mass is 16.6. The fourth-order valence-electron chi connectivity index (χ4n) is 4.36. The molecule has 0 aromatic carbocycles. The van der Waals surface area contributed by atoms with Crippen molar-refractivity contribution in [3.63, 3.8) is 0 Å². The first kappa shape index (κ1) is 34.7. The number of unbranched alkanes of at least 4 members (excludes halogenated alkanes) is 15. The van der Waals surface area contributed by atoms with Crippen molar-refractivity contribution in [2.24, 2.45) is 0 Å². The van der Waals surface area contributed by atoms with E-state index in [2.05, 4.69) is 17.6 Å². The number of nitrogens with zero attached hydrogens (tertiary/aromatic N) is 1. The molecular formula is C31H56N3O5+. The van der Waals surface area contributed by atoms with Gasteiger partial charge in [-0.25, -0.2) is 14.2 Å². The van der Waals surface area contributed by atoms with Gasteiger partial charge in [-0.2, -0.15) is 0 Å². The predicted molar refractivity (Wildman–Crippen MR) is 156 cm³/mol. The molecule has 1 atom stereocenters. The first-order valence-corrected chi connectivity index (χ1v) is 15.4. The van der Waals surface area contributed by atoms with E-state index in [9.17, 15) is 9.59 Å². The van der Waals surface area contributed by atoms with E-state index < -0.39 is 18.3 Å². The molecule has 0 aliphatic rings. The van der Waals surface area contributed by atoms with Crippen LogP contribution in [0.5, 0.6) is 0 Å². The van der Waals surface area contributed by atoms with Crippen LogP contribution in [0.3, 0.4) is 0 Å². The van der Waals surface area contributed by atoms with Crippen LogP contribution in [0.2, 0.25) is 0 Å². The van der Waals surface area contributed by atoms with E-state index in [-0.39, 0.29) is 13.2 Å². The maximum atomic E-state index is 11.9. The van der Waals surface area contributed by atoms with Crippen LogP contribution in [0.15, 0.2) is 30.6 Å². The van der Waals surface area contributed by atoms with E-state index in [1.807, 2.05) is 35.2 Å². The topological polar surface area (TPSA) is 89.8 Å². The molecule has 0 radical (unpaired) electrons. The van der Waals surface area contributed by atoms with Gasteiger partial charge < -0.3 is 24.8 Å². The average Bonchev–Trinajstić information content (AvgIpc) is 2.95. The second kappa shape index (κ2) is 25.9. The van der Waals surface area contributed by atoms with Gasteiger partial charge in [0.25, 0.3) is 0 Å². The molecule has 8 heteroatoms. The van der Waals surface area contributed by atoms with Gasteiger partial charge >= 0.3 is 12.2 Å². The number of amides is 2. The summed E-state index contributed by atoms with van der Waals surface area (Å²) in [6.45, 7) is 4.00. The molecule has 1 rings (SSSR count). The Morgan fingerprint density at radius 3 is 1.54 bits per heavy atom. The van der Waals surface area contributed by atoms with Crippen LogP contribution in [0, 0.1) is 0 Å². The number of ether oxygens (including phenoxy) is 3. The van der Waals surface area contributed by atoms with Crippen LogP contribution < -0.4 is 15.2 Å². The number of alkyl carbamates (subject to hydrolysis) is 2. The molecular weight excluding hydrogens is 494 g/mol. The summed E-state index contributed by atoms with van der Waals surface area (Å²) in [7, 11) is 1.50. The van der Waals surface area contributed by atoms with Crippen molar-refractivity contribution in [2.45, 2.75) is 122 Å². The van der Waals surface area contributed by atoms with Crippen molar-refractivity contribution < 1.29 is 28.4 Å². The smallest absolute Gasteiger partial charge is 0.407 e. The van der Waals surface area contributed by atoms with Gasteiger partial charge in [0, 0.05) is 25.8 Å². The summed E-state index contributed by atoms with van der Waals surface area (Å²) < 4.78 is 17.6. The molecule has 0 unspecified atom stereocenters. The molecule has 2 amide bonds. The third-order valence-corrected chi connectivity index (χ3v) is 6.85. The van der Waals surface area contributed by atoms with E-state index >= 15 is 0 Å². The summed E-state index contributed by atoms with van der Waals surface area (Å²) in [4.78, 5) is 23.8. The van der Waals surface area contributed by atoms with Crippen LogP contribution in [0.1, 0.15) is 110 Å². The van der Waals surface area contributed by atoms with Gasteiger partial charge in [0.15, 0.2) is 18.9 Å². The lowest BCUT2D eigenvalue weighted by Crippen LogP contribution is -2.40. The van der Waals surface area contributed by atoms with Crippen LogP contribution in [0.4, 0.5) is 9.59 Å². The Kier molecular flexibility index (Phi) is 23.0. The number of aromatic nitrogens is 1. The first-order valence-electron chi connectivity index (χ1n) is 15.4. The van der Waals surface area contributed by atoms with Gasteiger partial charge in [-0.15, -0.1) is 0 Å². The molecule has 1 heterocycles. The summed E-state index contributed by atoms with van der Waals surface area (Å²) in [6.07, 6.45) is 23.5. The van der Waals surface area contributed by atoms with Crippen molar-refractivity contribution in [2.75, 3.05) is 33.4 Å². The standard InChI is InChI=1S/C31H55N3O5/c1-3-4-5-6-7-8-9-10-11-12-13-14-15-16-17-19-22-32-30(35)38-27-29(37-2)28-39-31(36)33-23-26-34-24-20-18-21-25-34/h18,20-21,24-25,29H,3-17,19,22-23,26-28H2,1-2H3,(H-,32,33,35,36)/p+1/t29-/m0/s1. The minimum Gasteiger partial charge on any atom is -0.447 e. The molecule has 0 saturated heterocycles. The van der Waals surface area contributed by atoms with Gasteiger partial charge in [-0.3, -0.25) is 0 Å². The van der Waals surface area contributed by atoms with Gasteiger partial charge in [0.2, 0.25) is 0 Å². The number of methoxy groups -OCH3 is 1. The van der Waals surface area contributed by atoms with E-state index in [1.165, 1.54) is 97.0 Å². The van der Waals surface area contributed by atoms with E-state index in [4.69, 9.17) is 14.2 Å². The van der Waals surface area contributed by atoms with Crippen molar-refractivity contribution in [3.05, 3.63) is 30.6 Å². The molecule has 2 N–H and O–H groups in total. The van der Waals surface area contributed by atoms with Gasteiger partial charge in [-0.05, 0) is 6.42 Å². The van der Waals surface area contributed by atoms with Crippen LogP contribution in [0.25, 0.3) is 0 Å². The Hall–Kier alpha value is -2.35. The third kappa shape index (κ3) is 22.2. The monoisotopic (exact) mass is 550 g/mol. The average molecular weight is 551 g/mol. The molecule has 0 aliphatic heterocycles. The number of hydrogen-bond acceptors (Lipinski definition) is 5. The molecule has 0 bridgehead atoms. The zero-order valence-corrected chi connectivity index (χ0v) is 24.8. The molecule has 0 saturated carbocycles. The van der Waals surface area contributed by atoms with Crippen LogP contribution >= 0.6 is 0 Å². The highest BCUT2D eigenvalue weighted by Crippen LogP contribution is 2.13. The first-order chi connectivity index (χ1) is 19.2. The van der Waals surface area contributed by atoms with Gasteiger partial charge in [0.1, 0.15) is 19.3 Å². The highest BCUT2D eigenvalue weighted by Gasteiger charge is 2.14. The van der Waals surface area contributed by atoms with E-state index in [0.29, 0.717) is 19.6 Å². The number of rotatable bonds is 25. The van der Waals surface area contributed by atoms with Crippen molar-refractivity contribution in [3.8, 4) is 0 Å². The molecule has 0 spiro atoms. The lowest BCUT2D eigenvalue weighted by Gasteiger charge is -2.16. The number of pyridine rings is 1. The normalized spacial score (nSPS) is 11.6. The molecule has 224 valence electrons. The number of carbonyl (C=O) groups excluding carboxylic acids is 2. The molecule has 1 aromatic heterocycles. The Labute approximate surface area is 237 Å². The Morgan fingerprint density at radius 1 is 0.641 bits per heavy atom. The fraction of sp³-hybridized carbons (Fsp3) is 0.774. The fourth-order valence-corrected chi connectivity index (χ4v) is 4.36. The molecule has 1 aromatic rings. The summed E-state index contributed by atoms with van der Waals surface area (Å²) in [5, 5.41) is 5.47. The van der Waals surface area contributed by atoms with Crippen molar-refractivity contribution in [1.82, 2.24) is 10.6 Å². The van der Waals surface area contributed by atoms with Crippen LogP contribution in [-0.2, 0) is 20.8 Å². The maximum Gasteiger partial charge on any atom is 0.407 e. The molecule has 39 heavy (non-hydrogen) atoms. The predicted octanol–water partition coefficient (Wildman–Crippen LogP) is 6.70. The second-order valence-corrected chi connectivity index (χ2v) is 10.3. The van der Waals surface area contributed by atoms with Crippen molar-refractivity contribution in [1.29, 1.82) is 0 Å². The van der Waals surface area contributed by atoms with Gasteiger partial charge in [-0.1, -0.05) is 109 Å². The van der Waals surface area contributed by atoms with Crippen LogP contribution in [-0.4, -0.2) is 51.7 Å². The molecule has 0 aliphatic carbocycles. The molecule has 8 nitrogen and oxygen atoms in total. The van der Waals surface area contributed by atoms with E-state index in [0.717, 1.165) is 12.8 Å². The van der Waals surface area contributed by atoms with E-state index in [1.54, 1.807) is 0 Å².